The largest absolute Gasteiger partial charge is 0.389 e. The molecule has 0 saturated carbocycles. The predicted molar refractivity (Wildman–Crippen MR) is 79.2 cm³/mol. The summed E-state index contributed by atoms with van der Waals surface area (Å²) in [5.41, 5.74) is 7.67. The maximum Gasteiger partial charge on any atom is 0.103 e. The molecule has 1 aromatic carbocycles. The number of rotatable bonds is 4. The fourth-order valence-electron chi connectivity index (χ4n) is 2.24. The van der Waals surface area contributed by atoms with Gasteiger partial charge in [0.05, 0.1) is 6.10 Å². The van der Waals surface area contributed by atoms with Crippen LogP contribution in [-0.2, 0) is 4.74 Å². The Kier molecular flexibility index (Phi) is 4.55. The number of ether oxygens (including phenoxy) is 1. The molecule has 1 atom stereocenters. The minimum absolute atomic E-state index is 0.360. The molecule has 0 radical (unpaired) electrons. The molecule has 3 nitrogen and oxygen atoms in total. The summed E-state index contributed by atoms with van der Waals surface area (Å²) in [7, 11) is 2.09. The fraction of sp³-hybridized carbons (Fsp3) is 0.500. The highest BCUT2D eigenvalue weighted by Crippen LogP contribution is 2.18. The Balaban J connectivity index is 1.95. The summed E-state index contributed by atoms with van der Waals surface area (Å²) in [5.74, 6) is 0. The van der Waals surface area contributed by atoms with Crippen LogP contribution in [0.4, 0.5) is 5.69 Å². The zero-order valence-electron chi connectivity index (χ0n) is 10.8. The van der Waals surface area contributed by atoms with E-state index in [2.05, 4.69) is 24.1 Å². The van der Waals surface area contributed by atoms with E-state index in [4.69, 9.17) is 22.7 Å². The first-order valence-corrected chi connectivity index (χ1v) is 6.80. The van der Waals surface area contributed by atoms with E-state index in [0.717, 1.165) is 25.1 Å². The van der Waals surface area contributed by atoms with Crippen LogP contribution in [0.25, 0.3) is 0 Å². The van der Waals surface area contributed by atoms with Gasteiger partial charge in [-0.3, -0.25) is 0 Å². The molecule has 1 aromatic rings. The number of nitrogens with zero attached hydrogens (tertiary/aromatic N) is 1. The van der Waals surface area contributed by atoms with Crippen LogP contribution in [0.3, 0.4) is 0 Å². The Labute approximate surface area is 114 Å². The molecule has 2 N–H and O–H groups in total. The summed E-state index contributed by atoms with van der Waals surface area (Å²) >= 11 is 4.95. The van der Waals surface area contributed by atoms with E-state index in [1.165, 1.54) is 18.5 Å². The molecular formula is C14H20N2OS. The first-order valence-electron chi connectivity index (χ1n) is 6.39. The maximum absolute atomic E-state index is 5.75. The third-order valence-corrected chi connectivity index (χ3v) is 3.58. The lowest BCUT2D eigenvalue weighted by Gasteiger charge is -2.28. The van der Waals surface area contributed by atoms with Gasteiger partial charge in [0, 0.05) is 31.5 Å². The standard InChI is InChI=1S/C14H20N2OS/c1-16(10-13-4-2-3-9-17-13)12-7-5-11(6-8-12)14(15)18/h5-8,13H,2-4,9-10H2,1H3,(H2,15,18). The molecule has 1 unspecified atom stereocenters. The van der Waals surface area contributed by atoms with Crippen molar-refractivity contribution in [3.8, 4) is 0 Å². The molecule has 1 aliphatic rings. The number of benzene rings is 1. The van der Waals surface area contributed by atoms with E-state index in [0.29, 0.717) is 11.1 Å². The van der Waals surface area contributed by atoms with Crippen LogP contribution in [0.5, 0.6) is 0 Å². The van der Waals surface area contributed by atoms with E-state index < -0.39 is 0 Å². The number of nitrogens with two attached hydrogens (primary N) is 1. The Bertz CT molecular complexity index is 399. The van der Waals surface area contributed by atoms with Crippen LogP contribution in [0.1, 0.15) is 24.8 Å². The van der Waals surface area contributed by atoms with Gasteiger partial charge in [-0.15, -0.1) is 0 Å². The lowest BCUT2D eigenvalue weighted by Crippen LogP contribution is -2.33. The fourth-order valence-corrected chi connectivity index (χ4v) is 2.38. The smallest absolute Gasteiger partial charge is 0.103 e. The summed E-state index contributed by atoms with van der Waals surface area (Å²) < 4.78 is 5.75. The lowest BCUT2D eigenvalue weighted by molar-refractivity contribution is 0.0216. The molecule has 1 fully saturated rings. The maximum atomic E-state index is 5.75. The van der Waals surface area contributed by atoms with Crippen molar-refractivity contribution < 1.29 is 4.74 Å². The molecule has 0 amide bonds. The highest BCUT2D eigenvalue weighted by atomic mass is 32.1. The van der Waals surface area contributed by atoms with Gasteiger partial charge in [0.25, 0.3) is 0 Å². The quantitative estimate of drug-likeness (QED) is 0.847. The molecule has 2 rings (SSSR count). The van der Waals surface area contributed by atoms with Gasteiger partial charge < -0.3 is 15.4 Å². The number of hydrogen-bond donors (Lipinski definition) is 1. The highest BCUT2D eigenvalue weighted by Gasteiger charge is 2.16. The minimum atomic E-state index is 0.360. The lowest BCUT2D eigenvalue weighted by atomic mass is 10.1. The van der Waals surface area contributed by atoms with Crippen molar-refractivity contribution >= 4 is 22.9 Å². The topological polar surface area (TPSA) is 38.5 Å². The number of likely N-dealkylation sites (N-methyl/N-ethyl adjacent to an activating group) is 1. The van der Waals surface area contributed by atoms with E-state index in [1.807, 2.05) is 12.1 Å². The summed E-state index contributed by atoms with van der Waals surface area (Å²) in [5, 5.41) is 0. The molecule has 4 heteroatoms. The third kappa shape index (κ3) is 3.43. The molecule has 0 bridgehead atoms. The van der Waals surface area contributed by atoms with Crippen molar-refractivity contribution in [1.29, 1.82) is 0 Å². The van der Waals surface area contributed by atoms with Crippen LogP contribution in [0, 0.1) is 0 Å². The third-order valence-electron chi connectivity index (χ3n) is 3.34. The summed E-state index contributed by atoms with van der Waals surface area (Å²) in [6.07, 6.45) is 4.00. The van der Waals surface area contributed by atoms with E-state index in [9.17, 15) is 0 Å². The molecule has 0 aliphatic carbocycles. The van der Waals surface area contributed by atoms with Gasteiger partial charge in [-0.05, 0) is 43.5 Å². The van der Waals surface area contributed by atoms with Crippen LogP contribution in [0.15, 0.2) is 24.3 Å². The van der Waals surface area contributed by atoms with E-state index >= 15 is 0 Å². The molecule has 1 heterocycles. The van der Waals surface area contributed by atoms with E-state index in [-0.39, 0.29) is 0 Å². The number of anilines is 1. The molecule has 1 saturated heterocycles. The molecular weight excluding hydrogens is 244 g/mol. The van der Waals surface area contributed by atoms with Crippen LogP contribution in [-0.4, -0.2) is 31.3 Å². The second-order valence-electron chi connectivity index (χ2n) is 4.78. The minimum Gasteiger partial charge on any atom is -0.389 e. The van der Waals surface area contributed by atoms with Gasteiger partial charge in [0.2, 0.25) is 0 Å². The van der Waals surface area contributed by atoms with Gasteiger partial charge in [0.15, 0.2) is 0 Å². The van der Waals surface area contributed by atoms with Crippen molar-refractivity contribution in [3.63, 3.8) is 0 Å². The predicted octanol–water partition coefficient (Wildman–Crippen LogP) is 2.33. The Morgan fingerprint density at radius 2 is 2.11 bits per heavy atom. The second kappa shape index (κ2) is 6.16. The zero-order chi connectivity index (χ0) is 13.0. The Morgan fingerprint density at radius 1 is 1.39 bits per heavy atom. The normalized spacial score (nSPS) is 19.5. The SMILES string of the molecule is CN(CC1CCCCO1)c1ccc(C(N)=S)cc1. The molecule has 0 aromatic heterocycles. The van der Waals surface area contributed by atoms with Crippen molar-refractivity contribution in [2.45, 2.75) is 25.4 Å². The highest BCUT2D eigenvalue weighted by molar-refractivity contribution is 7.80. The van der Waals surface area contributed by atoms with Gasteiger partial charge in [0.1, 0.15) is 4.99 Å². The second-order valence-corrected chi connectivity index (χ2v) is 5.22. The van der Waals surface area contributed by atoms with Gasteiger partial charge in [-0.25, -0.2) is 0 Å². The average Bonchev–Trinajstić information content (AvgIpc) is 2.40. The van der Waals surface area contributed by atoms with Gasteiger partial charge in [-0.2, -0.15) is 0 Å². The van der Waals surface area contributed by atoms with Crippen LogP contribution >= 0.6 is 12.2 Å². The molecule has 18 heavy (non-hydrogen) atoms. The van der Waals surface area contributed by atoms with Crippen molar-refractivity contribution in [1.82, 2.24) is 0 Å². The summed E-state index contributed by atoms with van der Waals surface area (Å²) in [6, 6.07) is 8.04. The zero-order valence-corrected chi connectivity index (χ0v) is 11.6. The monoisotopic (exact) mass is 264 g/mol. The van der Waals surface area contributed by atoms with Crippen LogP contribution < -0.4 is 10.6 Å². The summed E-state index contributed by atoms with van der Waals surface area (Å²) in [6.45, 7) is 1.84. The Morgan fingerprint density at radius 3 is 2.67 bits per heavy atom. The number of thiocarbonyl (C=S) groups is 1. The Hall–Kier alpha value is -1.13. The van der Waals surface area contributed by atoms with Gasteiger partial charge in [-0.1, -0.05) is 12.2 Å². The first-order chi connectivity index (χ1) is 8.66. The summed E-state index contributed by atoms with van der Waals surface area (Å²) in [4.78, 5) is 2.67. The molecule has 1 aliphatic heterocycles. The molecule has 98 valence electrons. The van der Waals surface area contributed by atoms with Crippen LogP contribution in [0.2, 0.25) is 0 Å². The van der Waals surface area contributed by atoms with Crippen molar-refractivity contribution in [2.75, 3.05) is 25.1 Å². The van der Waals surface area contributed by atoms with Crippen molar-refractivity contribution in [3.05, 3.63) is 29.8 Å². The van der Waals surface area contributed by atoms with Gasteiger partial charge >= 0.3 is 0 Å². The van der Waals surface area contributed by atoms with Crippen molar-refractivity contribution in [2.24, 2.45) is 5.73 Å². The number of hydrogen-bond acceptors (Lipinski definition) is 3. The van der Waals surface area contributed by atoms with E-state index in [1.54, 1.807) is 0 Å². The molecule has 0 spiro atoms. The first kappa shape index (κ1) is 13.3. The average molecular weight is 264 g/mol.